The van der Waals surface area contributed by atoms with Crippen LogP contribution < -0.4 is 5.32 Å². The van der Waals surface area contributed by atoms with Crippen molar-refractivity contribution in [3.8, 4) is 0 Å². The van der Waals surface area contributed by atoms with E-state index in [0.29, 0.717) is 0 Å². The summed E-state index contributed by atoms with van der Waals surface area (Å²) in [5.74, 6) is 0.890. The van der Waals surface area contributed by atoms with Gasteiger partial charge in [-0.1, -0.05) is 31.2 Å². The van der Waals surface area contributed by atoms with Crippen molar-refractivity contribution in [3.05, 3.63) is 35.4 Å². The lowest BCUT2D eigenvalue weighted by Gasteiger charge is -2.26. The second-order valence-corrected chi connectivity index (χ2v) is 6.98. The fourth-order valence-electron chi connectivity index (χ4n) is 1.56. The molecule has 0 spiro atoms. The lowest BCUT2D eigenvalue weighted by atomic mass is 10.0. The summed E-state index contributed by atoms with van der Waals surface area (Å²) >= 11 is 1.63. The lowest BCUT2D eigenvalue weighted by molar-refractivity contribution is -0.121. The van der Waals surface area contributed by atoms with Gasteiger partial charge < -0.3 is 10.4 Å². The molecule has 1 aromatic carbocycles. The number of nitrogens with one attached hydrogen (secondary N) is 1. The van der Waals surface area contributed by atoms with Gasteiger partial charge in [0.05, 0.1) is 11.9 Å². The van der Waals surface area contributed by atoms with E-state index < -0.39 is 0 Å². The van der Waals surface area contributed by atoms with E-state index in [1.165, 1.54) is 5.56 Å². The van der Waals surface area contributed by atoms with Gasteiger partial charge in [0.1, 0.15) is 0 Å². The summed E-state index contributed by atoms with van der Waals surface area (Å²) in [6.07, 6.45) is 0.915. The van der Waals surface area contributed by atoms with Crippen LogP contribution in [0.15, 0.2) is 24.3 Å². The molecule has 0 bridgehead atoms. The van der Waals surface area contributed by atoms with E-state index in [4.69, 9.17) is 5.11 Å². The largest absolute Gasteiger partial charge is 0.392 e. The molecule has 3 nitrogen and oxygen atoms in total. The highest BCUT2D eigenvalue weighted by atomic mass is 32.2. The predicted octanol–water partition coefficient (Wildman–Crippen LogP) is 3.11. The molecule has 4 heteroatoms. The van der Waals surface area contributed by atoms with E-state index in [0.717, 1.165) is 17.7 Å². The van der Waals surface area contributed by atoms with Gasteiger partial charge in [-0.15, -0.1) is 11.8 Å². The zero-order chi connectivity index (χ0) is 15.2. The van der Waals surface area contributed by atoms with Crippen molar-refractivity contribution in [2.24, 2.45) is 0 Å². The highest BCUT2D eigenvalue weighted by molar-refractivity contribution is 7.99. The number of hydrogen-bond acceptors (Lipinski definition) is 3. The fraction of sp³-hybridized carbons (Fsp3) is 0.562. The summed E-state index contributed by atoms with van der Waals surface area (Å²) in [4.78, 5) is 12.1. The highest BCUT2D eigenvalue weighted by Gasteiger charge is 2.21. The average molecular weight is 295 g/mol. The molecule has 0 radical (unpaired) electrons. The first kappa shape index (κ1) is 17.1. The Morgan fingerprint density at radius 1 is 1.30 bits per heavy atom. The minimum absolute atomic E-state index is 0.0678. The minimum Gasteiger partial charge on any atom is -0.392 e. The summed E-state index contributed by atoms with van der Waals surface area (Å²) in [7, 11) is 0. The molecule has 0 saturated heterocycles. The Morgan fingerprint density at radius 2 is 1.85 bits per heavy atom. The summed E-state index contributed by atoms with van der Waals surface area (Å²) in [6, 6.07) is 7.83. The van der Waals surface area contributed by atoms with Gasteiger partial charge in [-0.05, 0) is 38.3 Å². The van der Waals surface area contributed by atoms with Crippen molar-refractivity contribution >= 4 is 17.7 Å². The molecular weight excluding hydrogens is 270 g/mol. The number of rotatable bonds is 7. The maximum atomic E-state index is 12.1. The van der Waals surface area contributed by atoms with Crippen LogP contribution in [0.25, 0.3) is 0 Å². The summed E-state index contributed by atoms with van der Waals surface area (Å²) in [6.45, 7) is 8.15. The quantitative estimate of drug-likeness (QED) is 0.812. The van der Waals surface area contributed by atoms with Crippen LogP contribution in [0.1, 0.15) is 45.2 Å². The van der Waals surface area contributed by atoms with Crippen LogP contribution in [0, 0.1) is 0 Å². The lowest BCUT2D eigenvalue weighted by Crippen LogP contribution is -2.46. The number of amides is 1. The SMILES string of the molecule is CCC(C)(C)NC(=O)C(C)SCc1ccc(CO)cc1. The van der Waals surface area contributed by atoms with Crippen molar-refractivity contribution in [1.82, 2.24) is 5.32 Å². The van der Waals surface area contributed by atoms with Crippen LogP contribution in [0.2, 0.25) is 0 Å². The fourth-order valence-corrected chi connectivity index (χ4v) is 2.41. The zero-order valence-corrected chi connectivity index (χ0v) is 13.6. The van der Waals surface area contributed by atoms with E-state index in [-0.39, 0.29) is 23.3 Å². The van der Waals surface area contributed by atoms with E-state index in [9.17, 15) is 4.79 Å². The van der Waals surface area contributed by atoms with Crippen molar-refractivity contribution in [3.63, 3.8) is 0 Å². The summed E-state index contributed by atoms with van der Waals surface area (Å²) < 4.78 is 0. The Hall–Kier alpha value is -1.00. The molecule has 0 heterocycles. The second kappa shape index (κ2) is 7.70. The molecular formula is C16H25NO2S. The van der Waals surface area contributed by atoms with Crippen molar-refractivity contribution in [2.45, 2.75) is 57.3 Å². The molecule has 0 saturated carbocycles. The first-order chi connectivity index (χ1) is 9.38. The molecule has 1 amide bonds. The van der Waals surface area contributed by atoms with E-state index in [1.54, 1.807) is 11.8 Å². The molecule has 1 aromatic rings. The standard InChI is InChI=1S/C16H25NO2S/c1-5-16(3,4)17-15(19)12(2)20-11-14-8-6-13(10-18)7-9-14/h6-9,12,18H,5,10-11H2,1-4H3,(H,17,19). The maximum absolute atomic E-state index is 12.1. The van der Waals surface area contributed by atoms with Gasteiger partial charge in [-0.25, -0.2) is 0 Å². The Kier molecular flexibility index (Phi) is 6.56. The molecule has 2 N–H and O–H groups in total. The smallest absolute Gasteiger partial charge is 0.233 e. The number of carbonyl (C=O) groups excluding carboxylic acids is 1. The molecule has 112 valence electrons. The van der Waals surface area contributed by atoms with Gasteiger partial charge in [0.25, 0.3) is 0 Å². The minimum atomic E-state index is -0.144. The topological polar surface area (TPSA) is 49.3 Å². The van der Waals surface area contributed by atoms with Crippen LogP contribution in [0.5, 0.6) is 0 Å². The molecule has 1 unspecified atom stereocenters. The van der Waals surface area contributed by atoms with Gasteiger partial charge in [0.2, 0.25) is 5.91 Å². The predicted molar refractivity (Wildman–Crippen MR) is 85.6 cm³/mol. The normalized spacial score (nSPS) is 13.1. The number of aliphatic hydroxyl groups excluding tert-OH is 1. The van der Waals surface area contributed by atoms with Crippen molar-refractivity contribution in [2.75, 3.05) is 0 Å². The summed E-state index contributed by atoms with van der Waals surface area (Å²) in [5.41, 5.74) is 1.94. The Bertz CT molecular complexity index is 429. The number of aliphatic hydroxyl groups is 1. The van der Waals surface area contributed by atoms with Crippen LogP contribution in [0.4, 0.5) is 0 Å². The molecule has 0 aliphatic rings. The van der Waals surface area contributed by atoms with E-state index >= 15 is 0 Å². The number of thioether (sulfide) groups is 1. The van der Waals surface area contributed by atoms with Crippen LogP contribution in [-0.4, -0.2) is 21.8 Å². The third-order valence-electron chi connectivity index (χ3n) is 3.42. The van der Waals surface area contributed by atoms with Crippen molar-refractivity contribution < 1.29 is 9.90 Å². The third kappa shape index (κ3) is 5.55. The van der Waals surface area contributed by atoms with Gasteiger partial charge in [-0.3, -0.25) is 4.79 Å². The molecule has 1 rings (SSSR count). The number of benzene rings is 1. The Balaban J connectivity index is 2.45. The number of hydrogen-bond donors (Lipinski definition) is 2. The summed E-state index contributed by atoms with van der Waals surface area (Å²) in [5, 5.41) is 12.0. The van der Waals surface area contributed by atoms with Gasteiger partial charge >= 0.3 is 0 Å². The molecule has 1 atom stereocenters. The molecule has 0 aliphatic carbocycles. The third-order valence-corrected chi connectivity index (χ3v) is 4.63. The maximum Gasteiger partial charge on any atom is 0.233 e. The first-order valence-corrected chi connectivity index (χ1v) is 8.05. The first-order valence-electron chi connectivity index (χ1n) is 7.00. The molecule has 0 aliphatic heterocycles. The van der Waals surface area contributed by atoms with Crippen LogP contribution >= 0.6 is 11.8 Å². The second-order valence-electron chi connectivity index (χ2n) is 5.65. The average Bonchev–Trinajstić information content (AvgIpc) is 2.44. The van der Waals surface area contributed by atoms with Gasteiger partial charge in [-0.2, -0.15) is 0 Å². The van der Waals surface area contributed by atoms with Crippen LogP contribution in [-0.2, 0) is 17.2 Å². The highest BCUT2D eigenvalue weighted by Crippen LogP contribution is 2.19. The van der Waals surface area contributed by atoms with E-state index in [1.807, 2.05) is 45.0 Å². The van der Waals surface area contributed by atoms with Crippen LogP contribution in [0.3, 0.4) is 0 Å². The molecule has 0 aromatic heterocycles. The number of carbonyl (C=O) groups is 1. The van der Waals surface area contributed by atoms with Gasteiger partial charge in [0.15, 0.2) is 0 Å². The molecule has 0 fully saturated rings. The van der Waals surface area contributed by atoms with Crippen molar-refractivity contribution in [1.29, 1.82) is 0 Å². The Labute approximate surface area is 126 Å². The zero-order valence-electron chi connectivity index (χ0n) is 12.8. The molecule has 20 heavy (non-hydrogen) atoms. The van der Waals surface area contributed by atoms with Gasteiger partial charge in [0, 0.05) is 11.3 Å². The monoisotopic (exact) mass is 295 g/mol. The Morgan fingerprint density at radius 3 is 2.35 bits per heavy atom. The van der Waals surface area contributed by atoms with E-state index in [2.05, 4.69) is 12.2 Å².